The van der Waals surface area contributed by atoms with Crippen LogP contribution >= 0.6 is 0 Å². The Morgan fingerprint density at radius 3 is 1.97 bits per heavy atom. The average molecular weight is 435 g/mol. The molecule has 1 spiro atoms. The topological polar surface area (TPSA) is 51.2 Å². The van der Waals surface area contributed by atoms with Crippen LogP contribution in [0.1, 0.15) is 74.5 Å². The fourth-order valence-corrected chi connectivity index (χ4v) is 5.94. The molecule has 0 bridgehead atoms. The number of aryl methyl sites for hydroxylation is 2. The van der Waals surface area contributed by atoms with E-state index >= 15 is 0 Å². The molecule has 168 valence electrons. The predicted octanol–water partition coefficient (Wildman–Crippen LogP) is 6.28. The number of halogens is 1. The molecule has 2 aliphatic carbocycles. The quantitative estimate of drug-likeness (QED) is 0.532. The molecule has 2 saturated carbocycles. The number of rotatable bonds is 4. The van der Waals surface area contributed by atoms with E-state index in [0.29, 0.717) is 25.0 Å². The predicted molar refractivity (Wildman–Crippen MR) is 123 cm³/mol. The van der Waals surface area contributed by atoms with Crippen LogP contribution in [-0.4, -0.2) is 17.3 Å². The van der Waals surface area contributed by atoms with Crippen LogP contribution in [0.5, 0.6) is 0 Å². The molecule has 0 aromatic heterocycles. The minimum atomic E-state index is -0.696. The lowest BCUT2D eigenvalue weighted by molar-refractivity contribution is -0.138. The number of Topliss-reactive ketones (excluding diaryl/α,β-unsaturated/α-hetero) is 3. The summed E-state index contributed by atoms with van der Waals surface area (Å²) in [6, 6.07) is 10.3. The van der Waals surface area contributed by atoms with Crippen LogP contribution in [0.4, 0.5) is 4.39 Å². The molecule has 2 aliphatic rings. The summed E-state index contributed by atoms with van der Waals surface area (Å²) in [4.78, 5) is 38.7. The minimum Gasteiger partial charge on any atom is -0.299 e. The summed E-state index contributed by atoms with van der Waals surface area (Å²) in [5, 5.41) is 0. The second kappa shape index (κ2) is 8.73. The highest BCUT2D eigenvalue weighted by Crippen LogP contribution is 2.50. The first-order valence-electron chi connectivity index (χ1n) is 11.7. The summed E-state index contributed by atoms with van der Waals surface area (Å²) in [5.41, 5.74) is 4.27. The highest BCUT2D eigenvalue weighted by molar-refractivity contribution is 6.10. The molecule has 0 saturated heterocycles. The third kappa shape index (κ3) is 4.20. The molecule has 0 unspecified atom stereocenters. The van der Waals surface area contributed by atoms with Crippen molar-refractivity contribution in [1.82, 2.24) is 0 Å². The fourth-order valence-electron chi connectivity index (χ4n) is 5.94. The van der Waals surface area contributed by atoms with Crippen molar-refractivity contribution in [2.75, 3.05) is 0 Å². The van der Waals surface area contributed by atoms with Crippen LogP contribution in [0.3, 0.4) is 0 Å². The second-order valence-electron chi connectivity index (χ2n) is 9.84. The molecular formula is C28H31FO3. The Morgan fingerprint density at radius 1 is 0.938 bits per heavy atom. The molecule has 0 heterocycles. The zero-order valence-electron chi connectivity index (χ0n) is 19.2. The van der Waals surface area contributed by atoms with Gasteiger partial charge < -0.3 is 0 Å². The van der Waals surface area contributed by atoms with Crippen LogP contribution in [0.15, 0.2) is 36.4 Å². The largest absolute Gasteiger partial charge is 0.299 e. The summed E-state index contributed by atoms with van der Waals surface area (Å²) in [5.74, 6) is -0.544. The van der Waals surface area contributed by atoms with Crippen molar-refractivity contribution in [1.29, 1.82) is 0 Å². The monoisotopic (exact) mass is 434 g/mol. The molecule has 0 atom stereocenters. The normalized spacial score (nSPS) is 25.9. The van der Waals surface area contributed by atoms with E-state index in [1.165, 1.54) is 12.1 Å². The number of benzene rings is 2. The van der Waals surface area contributed by atoms with Gasteiger partial charge in [-0.25, -0.2) is 4.39 Å². The molecule has 0 N–H and O–H groups in total. The van der Waals surface area contributed by atoms with E-state index in [1.54, 1.807) is 12.1 Å². The minimum absolute atomic E-state index is 0.0160. The van der Waals surface area contributed by atoms with Crippen LogP contribution in [0.25, 0.3) is 11.1 Å². The summed E-state index contributed by atoms with van der Waals surface area (Å²) in [6.45, 7) is 5.79. The van der Waals surface area contributed by atoms with Crippen molar-refractivity contribution >= 4 is 17.3 Å². The molecule has 0 aliphatic heterocycles. The van der Waals surface area contributed by atoms with Gasteiger partial charge in [-0.1, -0.05) is 31.2 Å². The van der Waals surface area contributed by atoms with Gasteiger partial charge in [-0.15, -0.1) is 0 Å². The standard InChI is InChI=1S/C28H31FO3/c1-4-23(30)20-9-11-28(12-10-20)15-24(31)27(25(32)16-28)26-17(2)13-21(14-18(26)3)19-5-7-22(29)8-6-19/h5-8,13-14,20,27H,4,9-12,15-16H2,1-3H3. The molecule has 2 aromatic carbocycles. The average Bonchev–Trinajstić information content (AvgIpc) is 2.75. The lowest BCUT2D eigenvalue weighted by Gasteiger charge is -2.43. The lowest BCUT2D eigenvalue weighted by atomic mass is 9.59. The number of carbonyl (C=O) groups excluding carboxylic acids is 3. The molecule has 0 radical (unpaired) electrons. The van der Waals surface area contributed by atoms with E-state index in [2.05, 4.69) is 0 Å². The molecule has 2 aromatic rings. The highest BCUT2D eigenvalue weighted by Gasteiger charge is 2.48. The van der Waals surface area contributed by atoms with Gasteiger partial charge in [0, 0.05) is 25.2 Å². The zero-order chi connectivity index (χ0) is 23.0. The molecule has 3 nitrogen and oxygen atoms in total. The molecule has 4 heteroatoms. The second-order valence-corrected chi connectivity index (χ2v) is 9.84. The number of hydrogen-bond acceptors (Lipinski definition) is 3. The summed E-state index contributed by atoms with van der Waals surface area (Å²) in [6.07, 6.45) is 4.57. The smallest absolute Gasteiger partial charge is 0.148 e. The summed E-state index contributed by atoms with van der Waals surface area (Å²) < 4.78 is 13.3. The molecular weight excluding hydrogens is 403 g/mol. The maximum atomic E-state index is 13.3. The van der Waals surface area contributed by atoms with E-state index in [9.17, 15) is 18.8 Å². The molecule has 0 amide bonds. The van der Waals surface area contributed by atoms with Gasteiger partial charge in [-0.2, -0.15) is 0 Å². The fraction of sp³-hybridized carbons (Fsp3) is 0.464. The van der Waals surface area contributed by atoms with Crippen molar-refractivity contribution in [2.45, 2.75) is 71.6 Å². The Kier molecular flexibility index (Phi) is 6.15. The van der Waals surface area contributed by atoms with E-state index in [0.717, 1.165) is 53.5 Å². The van der Waals surface area contributed by atoms with Gasteiger partial charge in [-0.3, -0.25) is 14.4 Å². The number of ketones is 3. The molecule has 4 rings (SSSR count). The Hall–Kier alpha value is -2.62. The van der Waals surface area contributed by atoms with Crippen LogP contribution in [0, 0.1) is 31.0 Å². The first-order valence-corrected chi connectivity index (χ1v) is 11.7. The Labute approximate surface area is 189 Å². The van der Waals surface area contributed by atoms with E-state index < -0.39 is 5.92 Å². The Bertz CT molecular complexity index is 1020. The van der Waals surface area contributed by atoms with Gasteiger partial charge >= 0.3 is 0 Å². The SMILES string of the molecule is CCC(=O)C1CCC2(CC1)CC(=O)C(c1c(C)cc(-c3ccc(F)cc3)cc1C)C(=O)C2. The van der Waals surface area contributed by atoms with Gasteiger partial charge in [-0.05, 0) is 84.9 Å². The van der Waals surface area contributed by atoms with Crippen LogP contribution < -0.4 is 0 Å². The third-order valence-corrected chi connectivity index (χ3v) is 7.65. The summed E-state index contributed by atoms with van der Waals surface area (Å²) in [7, 11) is 0. The van der Waals surface area contributed by atoms with Crippen molar-refractivity contribution in [3.8, 4) is 11.1 Å². The Balaban J connectivity index is 1.56. The van der Waals surface area contributed by atoms with Gasteiger partial charge in [0.05, 0.1) is 0 Å². The first-order chi connectivity index (χ1) is 15.2. The van der Waals surface area contributed by atoms with E-state index in [1.807, 2.05) is 32.9 Å². The van der Waals surface area contributed by atoms with Crippen molar-refractivity contribution < 1.29 is 18.8 Å². The van der Waals surface area contributed by atoms with Crippen LogP contribution in [-0.2, 0) is 14.4 Å². The molecule has 32 heavy (non-hydrogen) atoms. The van der Waals surface area contributed by atoms with Gasteiger partial charge in [0.1, 0.15) is 29.1 Å². The highest BCUT2D eigenvalue weighted by atomic mass is 19.1. The maximum absolute atomic E-state index is 13.3. The summed E-state index contributed by atoms with van der Waals surface area (Å²) >= 11 is 0. The van der Waals surface area contributed by atoms with Crippen molar-refractivity contribution in [3.63, 3.8) is 0 Å². The van der Waals surface area contributed by atoms with Gasteiger partial charge in [0.15, 0.2) is 0 Å². The lowest BCUT2D eigenvalue weighted by Crippen LogP contribution is -2.42. The number of hydrogen-bond donors (Lipinski definition) is 0. The zero-order valence-corrected chi connectivity index (χ0v) is 19.2. The maximum Gasteiger partial charge on any atom is 0.148 e. The van der Waals surface area contributed by atoms with Crippen molar-refractivity contribution in [2.24, 2.45) is 11.3 Å². The third-order valence-electron chi connectivity index (χ3n) is 7.65. The first kappa shape index (κ1) is 22.6. The Morgan fingerprint density at radius 2 is 1.47 bits per heavy atom. The van der Waals surface area contributed by atoms with Crippen molar-refractivity contribution in [3.05, 3.63) is 58.9 Å². The van der Waals surface area contributed by atoms with Gasteiger partial charge in [0.2, 0.25) is 0 Å². The van der Waals surface area contributed by atoms with Gasteiger partial charge in [0.25, 0.3) is 0 Å². The number of carbonyl (C=O) groups is 3. The van der Waals surface area contributed by atoms with E-state index in [-0.39, 0.29) is 28.7 Å². The van der Waals surface area contributed by atoms with E-state index in [4.69, 9.17) is 0 Å². The van der Waals surface area contributed by atoms with Crippen LogP contribution in [0.2, 0.25) is 0 Å². The molecule has 2 fully saturated rings.